The standard InChI is InChI=1S/C12H8N2.GeH4/c1-3-9-5-6-11-10(4-2-7-13-11)12(9)14-8-1;/h1-8H;1H4. The van der Waals surface area contributed by atoms with Crippen LogP contribution in [0.2, 0.25) is 0 Å². The molecule has 0 aliphatic heterocycles. The van der Waals surface area contributed by atoms with Gasteiger partial charge in [0.25, 0.3) is 0 Å². The fraction of sp³-hybridized carbons (Fsp3) is 0. The summed E-state index contributed by atoms with van der Waals surface area (Å²) in [5.74, 6) is 0. The summed E-state index contributed by atoms with van der Waals surface area (Å²) < 4.78 is 0. The molecule has 2 heterocycles. The predicted molar refractivity (Wildman–Crippen MR) is 68.4 cm³/mol. The van der Waals surface area contributed by atoms with E-state index in [0.717, 1.165) is 21.8 Å². The first kappa shape index (κ1) is 10.1. The SMILES string of the molecule is [GeH4].c1cnc2c(c1)ccc1ncccc12. The minimum absolute atomic E-state index is 0. The molecule has 0 unspecified atom stereocenters. The van der Waals surface area contributed by atoms with Crippen molar-refractivity contribution in [2.45, 2.75) is 0 Å². The van der Waals surface area contributed by atoms with E-state index in [1.165, 1.54) is 0 Å². The van der Waals surface area contributed by atoms with Crippen LogP contribution in [0.5, 0.6) is 0 Å². The minimum atomic E-state index is 0. The Kier molecular flexibility index (Phi) is 2.69. The van der Waals surface area contributed by atoms with Gasteiger partial charge in [-0.05, 0) is 24.3 Å². The summed E-state index contributed by atoms with van der Waals surface area (Å²) in [6.45, 7) is 0. The molecule has 0 saturated heterocycles. The van der Waals surface area contributed by atoms with Crippen LogP contribution in [0, 0.1) is 0 Å². The average molecular weight is 257 g/mol. The second-order valence-corrected chi connectivity index (χ2v) is 3.21. The van der Waals surface area contributed by atoms with E-state index in [9.17, 15) is 0 Å². The molecular formula is C12H12GeN2. The van der Waals surface area contributed by atoms with Crippen molar-refractivity contribution in [1.82, 2.24) is 9.97 Å². The Morgan fingerprint density at radius 1 is 0.800 bits per heavy atom. The first-order valence-corrected chi connectivity index (χ1v) is 4.53. The van der Waals surface area contributed by atoms with Crippen molar-refractivity contribution in [1.29, 1.82) is 0 Å². The number of benzene rings is 1. The number of fused-ring (bicyclic) bond motifs is 3. The molecule has 0 N–H and O–H groups in total. The maximum absolute atomic E-state index is 4.37. The van der Waals surface area contributed by atoms with Gasteiger partial charge in [0, 0.05) is 23.2 Å². The van der Waals surface area contributed by atoms with E-state index in [2.05, 4.69) is 28.2 Å². The second kappa shape index (κ2) is 3.98. The van der Waals surface area contributed by atoms with Crippen LogP contribution >= 0.6 is 0 Å². The predicted octanol–water partition coefficient (Wildman–Crippen LogP) is 1.33. The Morgan fingerprint density at radius 3 is 2.53 bits per heavy atom. The van der Waals surface area contributed by atoms with Crippen molar-refractivity contribution < 1.29 is 0 Å². The first-order valence-electron chi connectivity index (χ1n) is 4.53. The zero-order valence-electron chi connectivity index (χ0n) is 7.51. The molecule has 0 atom stereocenters. The summed E-state index contributed by atoms with van der Waals surface area (Å²) in [5.41, 5.74) is 2.02. The van der Waals surface area contributed by atoms with Crippen LogP contribution in [0.1, 0.15) is 0 Å². The summed E-state index contributed by atoms with van der Waals surface area (Å²) >= 11 is 0. The Morgan fingerprint density at radius 2 is 1.60 bits per heavy atom. The number of aromatic nitrogens is 2. The Balaban J connectivity index is 0.000000853. The van der Waals surface area contributed by atoms with Crippen molar-refractivity contribution >= 4 is 39.4 Å². The van der Waals surface area contributed by atoms with Crippen molar-refractivity contribution in [2.24, 2.45) is 0 Å². The average Bonchev–Trinajstić information content (AvgIpc) is 2.29. The van der Waals surface area contributed by atoms with Crippen molar-refractivity contribution in [3.05, 3.63) is 48.8 Å². The van der Waals surface area contributed by atoms with Crippen LogP contribution in [0.4, 0.5) is 0 Å². The molecule has 74 valence electrons. The molecule has 0 bridgehead atoms. The van der Waals surface area contributed by atoms with E-state index in [0.29, 0.717) is 0 Å². The van der Waals surface area contributed by atoms with Crippen LogP contribution in [-0.2, 0) is 0 Å². The fourth-order valence-corrected chi connectivity index (χ4v) is 1.70. The number of nitrogens with zero attached hydrogens (tertiary/aromatic N) is 2. The van der Waals surface area contributed by atoms with Crippen molar-refractivity contribution in [3.63, 3.8) is 0 Å². The third-order valence-corrected chi connectivity index (χ3v) is 2.35. The smallest absolute Gasteiger partial charge is 0.0795 e. The zero-order chi connectivity index (χ0) is 9.38. The molecule has 3 rings (SSSR count). The van der Waals surface area contributed by atoms with Gasteiger partial charge >= 0.3 is 17.6 Å². The molecule has 0 saturated carbocycles. The number of rotatable bonds is 0. The van der Waals surface area contributed by atoms with E-state index in [-0.39, 0.29) is 17.6 Å². The van der Waals surface area contributed by atoms with E-state index in [1.54, 1.807) is 6.20 Å². The topological polar surface area (TPSA) is 25.8 Å². The molecule has 15 heavy (non-hydrogen) atoms. The largest absolute Gasteiger partial charge is 0.256 e. The maximum atomic E-state index is 4.37. The molecule has 0 amide bonds. The molecule has 2 aromatic heterocycles. The van der Waals surface area contributed by atoms with Gasteiger partial charge in [0.05, 0.1) is 11.0 Å². The summed E-state index contributed by atoms with van der Waals surface area (Å²) in [5, 5.41) is 2.28. The quantitative estimate of drug-likeness (QED) is 0.448. The molecule has 0 aliphatic carbocycles. The fourth-order valence-electron chi connectivity index (χ4n) is 1.70. The van der Waals surface area contributed by atoms with E-state index >= 15 is 0 Å². The van der Waals surface area contributed by atoms with E-state index in [1.807, 2.05) is 24.4 Å². The van der Waals surface area contributed by atoms with Crippen LogP contribution in [-0.4, -0.2) is 27.6 Å². The van der Waals surface area contributed by atoms with Gasteiger partial charge in [0.15, 0.2) is 0 Å². The normalized spacial score (nSPS) is 10.1. The second-order valence-electron chi connectivity index (χ2n) is 3.21. The van der Waals surface area contributed by atoms with Gasteiger partial charge in [-0.25, -0.2) is 0 Å². The molecule has 0 aliphatic rings. The van der Waals surface area contributed by atoms with E-state index < -0.39 is 0 Å². The molecular weight excluding hydrogens is 245 g/mol. The number of hydrogen-bond acceptors (Lipinski definition) is 2. The number of hydrogen-bond donors (Lipinski definition) is 0. The van der Waals surface area contributed by atoms with Crippen LogP contribution < -0.4 is 0 Å². The summed E-state index contributed by atoms with van der Waals surface area (Å²) in [4.78, 5) is 8.66. The molecule has 1 aromatic carbocycles. The molecule has 0 fully saturated rings. The zero-order valence-corrected chi connectivity index (χ0v) is 7.51. The van der Waals surface area contributed by atoms with Gasteiger partial charge < -0.3 is 0 Å². The molecule has 3 heteroatoms. The van der Waals surface area contributed by atoms with Crippen molar-refractivity contribution in [2.75, 3.05) is 0 Å². The van der Waals surface area contributed by atoms with Gasteiger partial charge in [-0.3, -0.25) is 9.97 Å². The summed E-state index contributed by atoms with van der Waals surface area (Å²) in [7, 11) is 0. The van der Waals surface area contributed by atoms with Crippen LogP contribution in [0.3, 0.4) is 0 Å². The molecule has 0 radical (unpaired) electrons. The molecule has 2 nitrogen and oxygen atoms in total. The van der Waals surface area contributed by atoms with Gasteiger partial charge in [-0.2, -0.15) is 0 Å². The molecule has 0 spiro atoms. The first-order chi connectivity index (χ1) is 6.95. The Hall–Kier alpha value is -1.42. The summed E-state index contributed by atoms with van der Waals surface area (Å²) in [6.07, 6.45) is 3.62. The van der Waals surface area contributed by atoms with Crippen molar-refractivity contribution in [3.8, 4) is 0 Å². The van der Waals surface area contributed by atoms with Gasteiger partial charge in [-0.1, -0.05) is 12.1 Å². The molecule has 3 aromatic rings. The minimum Gasteiger partial charge on any atom is -0.256 e. The third kappa shape index (κ3) is 1.61. The van der Waals surface area contributed by atoms with Gasteiger partial charge in [0.1, 0.15) is 0 Å². The van der Waals surface area contributed by atoms with Gasteiger partial charge in [0.2, 0.25) is 0 Å². The van der Waals surface area contributed by atoms with E-state index in [4.69, 9.17) is 0 Å². The Labute approximate surface area is 98.3 Å². The monoisotopic (exact) mass is 258 g/mol. The summed E-state index contributed by atoms with van der Waals surface area (Å²) in [6, 6.07) is 12.1. The maximum Gasteiger partial charge on any atom is 0.0795 e. The van der Waals surface area contributed by atoms with Crippen LogP contribution in [0.25, 0.3) is 21.8 Å². The Bertz CT molecular complexity index is 553. The van der Waals surface area contributed by atoms with Gasteiger partial charge in [-0.15, -0.1) is 0 Å². The van der Waals surface area contributed by atoms with Crippen LogP contribution in [0.15, 0.2) is 48.8 Å². The third-order valence-electron chi connectivity index (χ3n) is 2.35. The number of pyridine rings is 2.